The molecule has 5 nitrogen and oxygen atoms in total. The van der Waals surface area contributed by atoms with Crippen LogP contribution in [-0.4, -0.2) is 33.3 Å². The van der Waals surface area contributed by atoms with E-state index < -0.39 is 12.0 Å². The lowest BCUT2D eigenvalue weighted by Crippen LogP contribution is -2.41. The van der Waals surface area contributed by atoms with Crippen LogP contribution < -0.4 is 0 Å². The number of hydrogen-bond donors (Lipinski definition) is 0. The zero-order valence-corrected chi connectivity index (χ0v) is 15.7. The van der Waals surface area contributed by atoms with Gasteiger partial charge in [0.1, 0.15) is 0 Å². The van der Waals surface area contributed by atoms with Gasteiger partial charge in [-0.3, -0.25) is 9.69 Å². The number of amides is 1. The number of allylic oxidation sites excluding steroid dienone is 1. The number of rotatable bonds is 4. The Morgan fingerprint density at radius 1 is 1.32 bits per heavy atom. The van der Waals surface area contributed by atoms with Crippen molar-refractivity contribution in [1.82, 2.24) is 4.90 Å². The Labute approximate surface area is 152 Å². The molecule has 2 atom stereocenters. The van der Waals surface area contributed by atoms with Crippen LogP contribution in [0.5, 0.6) is 0 Å². The van der Waals surface area contributed by atoms with Gasteiger partial charge in [0.15, 0.2) is 5.17 Å². The maximum absolute atomic E-state index is 12.9. The zero-order chi connectivity index (χ0) is 18.1. The van der Waals surface area contributed by atoms with Gasteiger partial charge in [-0.1, -0.05) is 49.0 Å². The zero-order valence-electron chi connectivity index (χ0n) is 14.9. The van der Waals surface area contributed by atoms with Gasteiger partial charge in [-0.15, -0.1) is 0 Å². The second-order valence-corrected chi connectivity index (χ2v) is 7.55. The molecule has 0 bridgehead atoms. The highest BCUT2D eigenvalue weighted by Gasteiger charge is 2.47. The van der Waals surface area contributed by atoms with Crippen LogP contribution in [0.4, 0.5) is 0 Å². The molecule has 6 heteroatoms. The van der Waals surface area contributed by atoms with E-state index in [1.54, 1.807) is 4.90 Å². The van der Waals surface area contributed by atoms with Crippen molar-refractivity contribution in [3.8, 4) is 0 Å². The Bertz CT molecular complexity index is 755. The Hall–Kier alpha value is -2.08. The molecule has 1 saturated heterocycles. The van der Waals surface area contributed by atoms with Crippen molar-refractivity contribution in [1.29, 1.82) is 0 Å². The average Bonchev–Trinajstić information content (AvgIpc) is 2.89. The smallest absolute Gasteiger partial charge is 0.338 e. The van der Waals surface area contributed by atoms with Crippen molar-refractivity contribution in [3.05, 3.63) is 47.2 Å². The topological polar surface area (TPSA) is 59.0 Å². The Morgan fingerprint density at radius 3 is 2.60 bits per heavy atom. The summed E-state index contributed by atoms with van der Waals surface area (Å²) >= 11 is 1.47. The van der Waals surface area contributed by atoms with E-state index in [2.05, 4.69) is 4.99 Å². The van der Waals surface area contributed by atoms with E-state index in [0.29, 0.717) is 16.4 Å². The molecule has 132 valence electrons. The van der Waals surface area contributed by atoms with Crippen molar-refractivity contribution >= 4 is 28.8 Å². The summed E-state index contributed by atoms with van der Waals surface area (Å²) in [5.74, 6) is -0.413. The van der Waals surface area contributed by atoms with Crippen molar-refractivity contribution in [2.24, 2.45) is 4.99 Å². The highest BCUT2D eigenvalue weighted by atomic mass is 32.2. The molecule has 0 unspecified atom stereocenters. The number of benzene rings is 1. The number of carbonyl (C=O) groups is 2. The fraction of sp³-hybridized carbons (Fsp3) is 0.421. The Kier molecular flexibility index (Phi) is 4.99. The molecule has 3 rings (SSSR count). The molecule has 2 heterocycles. The lowest BCUT2D eigenvalue weighted by Gasteiger charge is -2.33. The van der Waals surface area contributed by atoms with Gasteiger partial charge < -0.3 is 4.74 Å². The molecule has 0 aromatic heterocycles. The molecule has 1 aromatic rings. The maximum Gasteiger partial charge on any atom is 0.338 e. The van der Waals surface area contributed by atoms with E-state index in [-0.39, 0.29) is 17.3 Å². The van der Waals surface area contributed by atoms with Crippen molar-refractivity contribution < 1.29 is 14.3 Å². The minimum absolute atomic E-state index is 0.00227. The number of thioether (sulfide) groups is 1. The Morgan fingerprint density at radius 2 is 2.00 bits per heavy atom. The lowest BCUT2D eigenvalue weighted by molar-refractivity contribution is -0.143. The maximum atomic E-state index is 12.9. The fourth-order valence-electron chi connectivity index (χ4n) is 3.08. The summed E-state index contributed by atoms with van der Waals surface area (Å²) in [7, 11) is 0. The summed E-state index contributed by atoms with van der Waals surface area (Å²) in [5.41, 5.74) is 1.94. The summed E-state index contributed by atoms with van der Waals surface area (Å²) in [4.78, 5) is 31.9. The molecule has 0 spiro atoms. The van der Waals surface area contributed by atoms with Crippen LogP contribution in [0.2, 0.25) is 0 Å². The number of esters is 1. The fourth-order valence-corrected chi connectivity index (χ4v) is 4.21. The first-order valence-electron chi connectivity index (χ1n) is 8.49. The molecular weight excluding hydrogens is 336 g/mol. The first-order valence-corrected chi connectivity index (χ1v) is 9.37. The monoisotopic (exact) mass is 358 g/mol. The van der Waals surface area contributed by atoms with E-state index in [4.69, 9.17) is 4.74 Å². The molecule has 2 aliphatic heterocycles. The molecule has 0 radical (unpaired) electrons. The van der Waals surface area contributed by atoms with Gasteiger partial charge in [0.25, 0.3) is 0 Å². The summed E-state index contributed by atoms with van der Waals surface area (Å²) in [6, 6.07) is 9.11. The molecular formula is C19H22N2O3S. The third-order valence-electron chi connectivity index (χ3n) is 4.20. The number of carbonyl (C=O) groups excluding carboxylic acids is 2. The van der Waals surface area contributed by atoms with Crippen LogP contribution in [0.15, 0.2) is 46.6 Å². The third-order valence-corrected chi connectivity index (χ3v) is 5.52. The van der Waals surface area contributed by atoms with Crippen LogP contribution >= 0.6 is 11.8 Å². The quantitative estimate of drug-likeness (QED) is 0.771. The second-order valence-electron chi connectivity index (χ2n) is 6.38. The van der Waals surface area contributed by atoms with Gasteiger partial charge >= 0.3 is 5.97 Å². The number of nitrogens with zero attached hydrogens (tertiary/aromatic N) is 2. The third kappa shape index (κ3) is 3.23. The number of aliphatic imine (C=N–C) groups is 1. The van der Waals surface area contributed by atoms with E-state index in [1.807, 2.05) is 58.0 Å². The minimum Gasteiger partial charge on any atom is -0.459 e. The van der Waals surface area contributed by atoms with Crippen LogP contribution in [0.25, 0.3) is 0 Å². The van der Waals surface area contributed by atoms with Gasteiger partial charge in [-0.2, -0.15) is 0 Å². The molecule has 2 aliphatic rings. The SMILES string of the molecule is CC[C@@H]1SC2=NC(C)=C(C(=O)OC(C)C)[C@@H](c3ccccc3)N2C1=O. The molecule has 25 heavy (non-hydrogen) atoms. The molecule has 1 fully saturated rings. The standard InChI is InChI=1S/C19H22N2O3S/c1-5-14-17(22)21-16(13-9-7-6-8-10-13)15(18(23)24-11(2)3)12(4)20-19(21)25-14/h6-11,14,16H,5H2,1-4H3/t14-,16+/m0/s1. The molecule has 1 amide bonds. The van der Waals surface area contributed by atoms with Gasteiger partial charge in [-0.05, 0) is 32.8 Å². The van der Waals surface area contributed by atoms with Crippen LogP contribution in [0.3, 0.4) is 0 Å². The summed E-state index contributed by atoms with van der Waals surface area (Å²) in [6.45, 7) is 7.42. The van der Waals surface area contributed by atoms with Gasteiger partial charge in [-0.25, -0.2) is 9.79 Å². The highest BCUT2D eigenvalue weighted by Crippen LogP contribution is 2.43. The Balaban J connectivity index is 2.11. The first kappa shape index (κ1) is 17.7. The highest BCUT2D eigenvalue weighted by molar-refractivity contribution is 8.15. The molecule has 0 N–H and O–H groups in total. The minimum atomic E-state index is -0.489. The molecule has 0 saturated carbocycles. The van der Waals surface area contributed by atoms with Gasteiger partial charge in [0.05, 0.1) is 28.7 Å². The number of ether oxygens (including phenoxy) is 1. The predicted octanol–water partition coefficient (Wildman–Crippen LogP) is 3.68. The number of hydrogen-bond acceptors (Lipinski definition) is 5. The molecule has 0 aliphatic carbocycles. The van der Waals surface area contributed by atoms with E-state index in [9.17, 15) is 9.59 Å². The van der Waals surface area contributed by atoms with E-state index >= 15 is 0 Å². The molecule has 1 aromatic carbocycles. The van der Waals surface area contributed by atoms with Crippen molar-refractivity contribution in [2.45, 2.75) is 51.5 Å². The van der Waals surface area contributed by atoms with Gasteiger partial charge in [0, 0.05) is 0 Å². The first-order chi connectivity index (χ1) is 11.9. The normalized spacial score (nSPS) is 23.0. The van der Waals surface area contributed by atoms with Crippen molar-refractivity contribution in [3.63, 3.8) is 0 Å². The number of fused-ring (bicyclic) bond motifs is 1. The van der Waals surface area contributed by atoms with E-state index in [1.165, 1.54) is 11.8 Å². The lowest BCUT2D eigenvalue weighted by atomic mass is 9.94. The largest absolute Gasteiger partial charge is 0.459 e. The van der Waals surface area contributed by atoms with Gasteiger partial charge in [0.2, 0.25) is 5.91 Å². The van der Waals surface area contributed by atoms with Crippen LogP contribution in [0, 0.1) is 0 Å². The predicted molar refractivity (Wildman–Crippen MR) is 99.1 cm³/mol. The van der Waals surface area contributed by atoms with E-state index in [0.717, 1.165) is 12.0 Å². The van der Waals surface area contributed by atoms with Crippen LogP contribution in [-0.2, 0) is 14.3 Å². The number of amidine groups is 1. The average molecular weight is 358 g/mol. The summed E-state index contributed by atoms with van der Waals surface area (Å²) < 4.78 is 5.44. The summed E-state index contributed by atoms with van der Waals surface area (Å²) in [5, 5.41) is 0.516. The summed E-state index contributed by atoms with van der Waals surface area (Å²) in [6.07, 6.45) is 0.493. The van der Waals surface area contributed by atoms with Crippen molar-refractivity contribution in [2.75, 3.05) is 0 Å². The second kappa shape index (κ2) is 7.04. The van der Waals surface area contributed by atoms with Crippen LogP contribution in [0.1, 0.15) is 45.7 Å².